The number of hydrogen-bond donors (Lipinski definition) is 0. The van der Waals surface area contributed by atoms with Crippen LogP contribution in [-0.2, 0) is 16.0 Å². The number of nitrogens with zero attached hydrogens (tertiary/aromatic N) is 5. The molecule has 0 saturated carbocycles. The van der Waals surface area contributed by atoms with Crippen LogP contribution in [0.3, 0.4) is 0 Å². The van der Waals surface area contributed by atoms with Crippen molar-refractivity contribution in [2.75, 3.05) is 44.8 Å². The molecule has 2 aliphatic rings. The summed E-state index contributed by atoms with van der Waals surface area (Å²) in [5.41, 5.74) is 4.17. The Balaban J connectivity index is 1.26. The van der Waals surface area contributed by atoms with Gasteiger partial charge in [0.05, 0.1) is 16.2 Å². The monoisotopic (exact) mass is 497 g/mol. The molecule has 3 aromatic heterocycles. The van der Waals surface area contributed by atoms with Gasteiger partial charge < -0.3 is 14.5 Å². The summed E-state index contributed by atoms with van der Waals surface area (Å²) < 4.78 is 4.97. The first-order valence-corrected chi connectivity index (χ1v) is 12.0. The van der Waals surface area contributed by atoms with Crippen molar-refractivity contribution < 1.29 is 9.53 Å². The fourth-order valence-electron chi connectivity index (χ4n) is 4.61. The molecule has 3 aromatic rings. The third-order valence-corrected chi connectivity index (χ3v) is 6.80. The average molecular weight is 498 g/mol. The van der Waals surface area contributed by atoms with Crippen molar-refractivity contribution in [1.29, 1.82) is 0 Å². The van der Waals surface area contributed by atoms with Gasteiger partial charge in [0.15, 0.2) is 0 Å². The summed E-state index contributed by atoms with van der Waals surface area (Å²) in [4.78, 5) is 29.7. The SMILES string of the molecule is COCC(=O)N1CC=C(c2ncc(Cl)cc2CC2CN(c3ccc4cnc(Cl)cc4n3)C2)CC1. The third kappa shape index (κ3) is 4.87. The standard InChI is InChI=1S/C25H25Cl2N5O2/c1-34-15-24(33)31-6-4-17(5-7-31)25-19(9-20(26)12-29-25)8-16-13-32(14-16)23-3-2-18-11-28-22(27)10-21(18)30-23/h2-4,9-12,16H,5-8,13-15H2,1H3. The lowest BCUT2D eigenvalue weighted by molar-refractivity contribution is -0.134. The molecule has 0 bridgehead atoms. The van der Waals surface area contributed by atoms with E-state index >= 15 is 0 Å². The molecule has 1 amide bonds. The first-order valence-electron chi connectivity index (χ1n) is 11.3. The van der Waals surface area contributed by atoms with E-state index in [1.807, 2.05) is 23.1 Å². The number of hydrogen-bond acceptors (Lipinski definition) is 6. The van der Waals surface area contributed by atoms with E-state index < -0.39 is 0 Å². The van der Waals surface area contributed by atoms with Gasteiger partial charge in [0.2, 0.25) is 5.91 Å². The van der Waals surface area contributed by atoms with E-state index in [0.717, 1.165) is 53.9 Å². The second-order valence-electron chi connectivity index (χ2n) is 8.76. The van der Waals surface area contributed by atoms with Crippen LogP contribution in [0.4, 0.5) is 5.82 Å². The molecule has 0 atom stereocenters. The van der Waals surface area contributed by atoms with Crippen LogP contribution in [0.5, 0.6) is 0 Å². The van der Waals surface area contributed by atoms with Crippen LogP contribution in [0.2, 0.25) is 10.2 Å². The zero-order valence-corrected chi connectivity index (χ0v) is 20.4. The minimum Gasteiger partial charge on any atom is -0.375 e. The highest BCUT2D eigenvalue weighted by Gasteiger charge is 2.29. The molecule has 0 spiro atoms. The molecule has 5 heterocycles. The fourth-order valence-corrected chi connectivity index (χ4v) is 4.94. The number of halogens is 2. The maximum atomic E-state index is 12.1. The molecule has 34 heavy (non-hydrogen) atoms. The van der Waals surface area contributed by atoms with Gasteiger partial charge in [-0.05, 0) is 48.1 Å². The Labute approximate surface area is 208 Å². The molecule has 176 valence electrons. The number of rotatable bonds is 6. The number of carbonyl (C=O) groups excluding carboxylic acids is 1. The Hall–Kier alpha value is -2.74. The van der Waals surface area contributed by atoms with Gasteiger partial charge in [-0.1, -0.05) is 29.3 Å². The minimum atomic E-state index is 0.0116. The summed E-state index contributed by atoms with van der Waals surface area (Å²) in [5.74, 6) is 1.45. The van der Waals surface area contributed by atoms with Gasteiger partial charge in [-0.15, -0.1) is 0 Å². The number of fused-ring (bicyclic) bond motifs is 1. The van der Waals surface area contributed by atoms with Crippen molar-refractivity contribution in [2.24, 2.45) is 5.92 Å². The molecule has 0 N–H and O–H groups in total. The van der Waals surface area contributed by atoms with E-state index in [-0.39, 0.29) is 12.5 Å². The predicted molar refractivity (Wildman–Crippen MR) is 134 cm³/mol. The molecule has 0 aromatic carbocycles. The number of ether oxygens (including phenoxy) is 1. The zero-order chi connectivity index (χ0) is 23.7. The number of amides is 1. The summed E-state index contributed by atoms with van der Waals surface area (Å²) in [5, 5.41) is 2.07. The van der Waals surface area contributed by atoms with E-state index in [2.05, 4.69) is 20.9 Å². The summed E-state index contributed by atoms with van der Waals surface area (Å²) in [6.45, 7) is 3.19. The number of methoxy groups -OCH3 is 1. The molecule has 7 nitrogen and oxygen atoms in total. The Bertz CT molecular complexity index is 1260. The van der Waals surface area contributed by atoms with Gasteiger partial charge in [-0.3, -0.25) is 9.78 Å². The first kappa shape index (κ1) is 23.0. The third-order valence-electron chi connectivity index (χ3n) is 6.38. The average Bonchev–Trinajstić information content (AvgIpc) is 2.81. The van der Waals surface area contributed by atoms with E-state index in [9.17, 15) is 4.79 Å². The molecular weight excluding hydrogens is 473 g/mol. The highest BCUT2D eigenvalue weighted by molar-refractivity contribution is 6.30. The van der Waals surface area contributed by atoms with Crippen LogP contribution < -0.4 is 4.90 Å². The predicted octanol–water partition coefficient (Wildman–Crippen LogP) is 4.27. The quantitative estimate of drug-likeness (QED) is 0.473. The molecule has 0 unspecified atom stereocenters. The van der Waals surface area contributed by atoms with Crippen LogP contribution >= 0.6 is 23.2 Å². The minimum absolute atomic E-state index is 0.0116. The lowest BCUT2D eigenvalue weighted by Gasteiger charge is -2.40. The highest BCUT2D eigenvalue weighted by atomic mass is 35.5. The van der Waals surface area contributed by atoms with Crippen LogP contribution in [0.25, 0.3) is 16.5 Å². The Morgan fingerprint density at radius 2 is 2.03 bits per heavy atom. The number of carbonyl (C=O) groups is 1. The smallest absolute Gasteiger partial charge is 0.248 e. The van der Waals surface area contributed by atoms with E-state index in [4.69, 9.17) is 32.9 Å². The summed E-state index contributed by atoms with van der Waals surface area (Å²) in [7, 11) is 1.54. The van der Waals surface area contributed by atoms with Crippen molar-refractivity contribution in [3.63, 3.8) is 0 Å². The lowest BCUT2D eigenvalue weighted by atomic mass is 9.89. The molecule has 0 aliphatic carbocycles. The Kier molecular flexibility index (Phi) is 6.68. The Morgan fingerprint density at radius 3 is 2.79 bits per heavy atom. The largest absolute Gasteiger partial charge is 0.375 e. The number of aromatic nitrogens is 3. The number of anilines is 1. The van der Waals surface area contributed by atoms with Gasteiger partial charge in [0.25, 0.3) is 0 Å². The van der Waals surface area contributed by atoms with Crippen molar-refractivity contribution in [1.82, 2.24) is 19.9 Å². The molecule has 0 radical (unpaired) electrons. The van der Waals surface area contributed by atoms with Crippen molar-refractivity contribution in [2.45, 2.75) is 12.8 Å². The van der Waals surface area contributed by atoms with Crippen molar-refractivity contribution in [3.8, 4) is 0 Å². The molecule has 9 heteroatoms. The maximum Gasteiger partial charge on any atom is 0.248 e. The van der Waals surface area contributed by atoms with Crippen LogP contribution in [0.1, 0.15) is 17.7 Å². The maximum absolute atomic E-state index is 12.1. The second kappa shape index (κ2) is 9.86. The van der Waals surface area contributed by atoms with Gasteiger partial charge >= 0.3 is 0 Å². The summed E-state index contributed by atoms with van der Waals surface area (Å²) >= 11 is 12.3. The molecule has 1 fully saturated rings. The van der Waals surface area contributed by atoms with Gasteiger partial charge in [-0.2, -0.15) is 0 Å². The van der Waals surface area contributed by atoms with E-state index in [1.165, 1.54) is 12.7 Å². The van der Waals surface area contributed by atoms with E-state index in [0.29, 0.717) is 29.2 Å². The first-order chi connectivity index (χ1) is 16.5. The number of pyridine rings is 3. The van der Waals surface area contributed by atoms with Gasteiger partial charge in [0.1, 0.15) is 17.6 Å². The topological polar surface area (TPSA) is 71.5 Å². The van der Waals surface area contributed by atoms with Gasteiger partial charge in [0, 0.05) is 57.1 Å². The van der Waals surface area contributed by atoms with Crippen LogP contribution in [0, 0.1) is 5.92 Å². The van der Waals surface area contributed by atoms with Crippen LogP contribution in [-0.4, -0.2) is 65.7 Å². The molecule has 5 rings (SSSR count). The molecule has 2 aliphatic heterocycles. The lowest BCUT2D eigenvalue weighted by Crippen LogP contribution is -2.48. The van der Waals surface area contributed by atoms with E-state index in [1.54, 1.807) is 18.5 Å². The summed E-state index contributed by atoms with van der Waals surface area (Å²) in [6.07, 6.45) is 7.21. The fraction of sp³-hybridized carbons (Fsp3) is 0.360. The van der Waals surface area contributed by atoms with Crippen LogP contribution in [0.15, 0.2) is 42.7 Å². The second-order valence-corrected chi connectivity index (χ2v) is 9.58. The highest BCUT2D eigenvalue weighted by Crippen LogP contribution is 2.32. The Morgan fingerprint density at radius 1 is 1.18 bits per heavy atom. The van der Waals surface area contributed by atoms with Gasteiger partial charge in [-0.25, -0.2) is 9.97 Å². The summed E-state index contributed by atoms with van der Waals surface area (Å²) in [6, 6.07) is 7.88. The van der Waals surface area contributed by atoms with Crippen molar-refractivity contribution >= 4 is 51.4 Å². The zero-order valence-electron chi connectivity index (χ0n) is 18.9. The molecule has 1 saturated heterocycles. The normalized spacial score (nSPS) is 16.5. The van der Waals surface area contributed by atoms with Crippen molar-refractivity contribution in [3.05, 3.63) is 64.2 Å². The molecular formula is C25H25Cl2N5O2.